The SMILES string of the molecule is CCC1(OC(=O)[C@@H](N)CCCNC(=N)N)C(=O)OCc2c1cc1n(c2=O)Cc2cc3ccccc3nc2-1. The number of cyclic esters (lactones) is 1. The summed E-state index contributed by atoms with van der Waals surface area (Å²) in [7, 11) is 0. The standard InChI is InChI=1S/C26H28N6O5/c1-2-26(37-23(34)18(27)7-5-9-30-25(28)29)17-11-20-21-15(10-14-6-3-4-8-19(14)31-21)12-32(20)22(33)16(17)13-36-24(26)35/h3-4,6,8,10-11,18H,2,5,7,9,12-13,27H2,1H3,(H4,28,29,30)/t18-,26?/m0/s1. The fourth-order valence-corrected chi connectivity index (χ4v) is 4.99. The summed E-state index contributed by atoms with van der Waals surface area (Å²) in [6, 6.07) is 10.4. The number of pyridine rings is 2. The number of carbonyl (C=O) groups excluding carboxylic acids is 2. The van der Waals surface area contributed by atoms with Crippen molar-refractivity contribution in [1.29, 1.82) is 5.41 Å². The van der Waals surface area contributed by atoms with Crippen molar-refractivity contribution in [3.63, 3.8) is 0 Å². The van der Waals surface area contributed by atoms with Crippen molar-refractivity contribution in [2.75, 3.05) is 6.54 Å². The first-order valence-electron chi connectivity index (χ1n) is 12.1. The molecule has 0 saturated carbocycles. The average molecular weight is 505 g/mol. The third-order valence-corrected chi connectivity index (χ3v) is 6.97. The molecule has 2 aliphatic rings. The number of nitrogens with zero attached hydrogens (tertiary/aromatic N) is 2. The van der Waals surface area contributed by atoms with E-state index in [0.717, 1.165) is 16.5 Å². The smallest absolute Gasteiger partial charge is 0.355 e. The van der Waals surface area contributed by atoms with E-state index < -0.39 is 23.6 Å². The number of hydrogen-bond acceptors (Lipinski definition) is 8. The second-order valence-corrected chi connectivity index (χ2v) is 9.27. The van der Waals surface area contributed by atoms with Gasteiger partial charge in [0, 0.05) is 23.1 Å². The van der Waals surface area contributed by atoms with E-state index >= 15 is 0 Å². The molecule has 3 aromatic rings. The molecule has 37 heavy (non-hydrogen) atoms. The second-order valence-electron chi connectivity index (χ2n) is 9.27. The van der Waals surface area contributed by atoms with Gasteiger partial charge in [0.25, 0.3) is 5.56 Å². The van der Waals surface area contributed by atoms with Crippen LogP contribution in [0.15, 0.2) is 41.2 Å². The van der Waals surface area contributed by atoms with Gasteiger partial charge in [0.15, 0.2) is 5.96 Å². The minimum absolute atomic E-state index is 0.0596. The predicted molar refractivity (Wildman–Crippen MR) is 136 cm³/mol. The van der Waals surface area contributed by atoms with E-state index in [1.54, 1.807) is 17.6 Å². The van der Waals surface area contributed by atoms with E-state index in [9.17, 15) is 14.4 Å². The van der Waals surface area contributed by atoms with E-state index in [0.29, 0.717) is 36.5 Å². The number of guanidine groups is 1. The van der Waals surface area contributed by atoms with Crippen LogP contribution in [0, 0.1) is 5.41 Å². The molecule has 0 amide bonds. The zero-order valence-corrected chi connectivity index (χ0v) is 20.4. The van der Waals surface area contributed by atoms with Crippen LogP contribution in [-0.4, -0.2) is 40.0 Å². The largest absolute Gasteiger partial charge is 0.457 e. The number of ether oxygens (including phenoxy) is 2. The average Bonchev–Trinajstić information content (AvgIpc) is 3.24. The van der Waals surface area contributed by atoms with Crippen LogP contribution in [0.25, 0.3) is 22.3 Å². The molecule has 1 unspecified atom stereocenters. The molecule has 192 valence electrons. The molecule has 0 fully saturated rings. The molecule has 4 heterocycles. The Hall–Kier alpha value is -4.25. The Morgan fingerprint density at radius 3 is 2.86 bits per heavy atom. The second kappa shape index (κ2) is 9.32. The number of aromatic nitrogens is 2. The Kier molecular flexibility index (Phi) is 6.16. The number of carbonyl (C=O) groups is 2. The van der Waals surface area contributed by atoms with Crippen molar-refractivity contribution < 1.29 is 19.1 Å². The van der Waals surface area contributed by atoms with Gasteiger partial charge in [-0.2, -0.15) is 0 Å². The lowest BCUT2D eigenvalue weighted by atomic mass is 9.85. The van der Waals surface area contributed by atoms with Crippen LogP contribution in [0.1, 0.15) is 42.9 Å². The van der Waals surface area contributed by atoms with Gasteiger partial charge in [0.2, 0.25) is 5.60 Å². The van der Waals surface area contributed by atoms with Crippen LogP contribution >= 0.6 is 0 Å². The van der Waals surface area contributed by atoms with Gasteiger partial charge in [0.1, 0.15) is 12.6 Å². The minimum atomic E-state index is -1.80. The summed E-state index contributed by atoms with van der Waals surface area (Å²) in [6.45, 7) is 2.20. The number of rotatable bonds is 7. The van der Waals surface area contributed by atoms with Gasteiger partial charge in [-0.25, -0.2) is 9.78 Å². The molecule has 0 saturated heterocycles. The van der Waals surface area contributed by atoms with Gasteiger partial charge < -0.3 is 30.8 Å². The lowest BCUT2D eigenvalue weighted by molar-refractivity contribution is -0.190. The van der Waals surface area contributed by atoms with Crippen molar-refractivity contribution in [2.45, 2.75) is 51.0 Å². The number of hydrogen-bond donors (Lipinski definition) is 4. The Balaban J connectivity index is 1.52. The monoisotopic (exact) mass is 504 g/mol. The van der Waals surface area contributed by atoms with Crippen LogP contribution in [0.5, 0.6) is 0 Å². The molecular formula is C26H28N6O5. The van der Waals surface area contributed by atoms with E-state index in [-0.39, 0.29) is 36.5 Å². The first-order valence-corrected chi connectivity index (χ1v) is 12.1. The summed E-state index contributed by atoms with van der Waals surface area (Å²) in [5, 5.41) is 10.8. The Morgan fingerprint density at radius 1 is 1.32 bits per heavy atom. The van der Waals surface area contributed by atoms with Crippen LogP contribution in [0.4, 0.5) is 0 Å². The van der Waals surface area contributed by atoms with Crippen LogP contribution < -0.4 is 22.3 Å². The lowest BCUT2D eigenvalue weighted by Gasteiger charge is -2.36. The normalized spacial score (nSPS) is 18.4. The Morgan fingerprint density at radius 2 is 2.11 bits per heavy atom. The van der Waals surface area contributed by atoms with E-state index in [1.807, 2.05) is 30.3 Å². The quantitative estimate of drug-likeness (QED) is 0.125. The van der Waals surface area contributed by atoms with Gasteiger partial charge in [-0.05, 0) is 37.5 Å². The molecule has 0 radical (unpaired) electrons. The summed E-state index contributed by atoms with van der Waals surface area (Å²) >= 11 is 0. The van der Waals surface area contributed by atoms with E-state index in [2.05, 4.69) is 5.32 Å². The number of esters is 2. The summed E-state index contributed by atoms with van der Waals surface area (Å²) in [5.41, 5.74) is 12.7. The molecule has 0 spiro atoms. The summed E-state index contributed by atoms with van der Waals surface area (Å²) in [4.78, 5) is 44.5. The maximum Gasteiger partial charge on any atom is 0.355 e. The van der Waals surface area contributed by atoms with Crippen molar-refractivity contribution in [3.8, 4) is 11.4 Å². The Bertz CT molecular complexity index is 1500. The number of fused-ring (bicyclic) bond motifs is 5. The van der Waals surface area contributed by atoms with Gasteiger partial charge in [-0.15, -0.1) is 0 Å². The van der Waals surface area contributed by atoms with Crippen LogP contribution in [0.2, 0.25) is 0 Å². The highest BCUT2D eigenvalue weighted by Gasteiger charge is 2.50. The van der Waals surface area contributed by atoms with Gasteiger partial charge in [-0.1, -0.05) is 25.1 Å². The maximum absolute atomic E-state index is 13.6. The summed E-state index contributed by atoms with van der Waals surface area (Å²) in [5.74, 6) is -1.69. The predicted octanol–water partition coefficient (Wildman–Crippen LogP) is 1.22. The van der Waals surface area contributed by atoms with E-state index in [1.165, 1.54) is 0 Å². The molecule has 5 rings (SSSR count). The van der Waals surface area contributed by atoms with E-state index in [4.69, 9.17) is 31.3 Å². The molecule has 0 bridgehead atoms. The highest BCUT2D eigenvalue weighted by atomic mass is 16.6. The third-order valence-electron chi connectivity index (χ3n) is 6.97. The fraction of sp³-hybridized carbons (Fsp3) is 0.346. The highest BCUT2D eigenvalue weighted by molar-refractivity contribution is 5.89. The number of para-hydroxylation sites is 1. The van der Waals surface area contributed by atoms with Gasteiger partial charge in [-0.3, -0.25) is 15.0 Å². The first-order chi connectivity index (χ1) is 17.7. The first kappa shape index (κ1) is 24.4. The maximum atomic E-state index is 13.6. The lowest BCUT2D eigenvalue weighted by Crippen LogP contribution is -2.50. The van der Waals surface area contributed by atoms with Gasteiger partial charge >= 0.3 is 11.9 Å². The number of nitrogens with one attached hydrogen (secondary N) is 2. The number of benzene rings is 1. The van der Waals surface area contributed by atoms with Crippen molar-refractivity contribution >= 4 is 28.8 Å². The molecule has 2 aliphatic heterocycles. The molecule has 0 aliphatic carbocycles. The van der Waals surface area contributed by atoms with Gasteiger partial charge in [0.05, 0.1) is 29.0 Å². The molecule has 2 aromatic heterocycles. The minimum Gasteiger partial charge on any atom is -0.457 e. The fourth-order valence-electron chi connectivity index (χ4n) is 4.99. The molecule has 1 aromatic carbocycles. The zero-order valence-electron chi connectivity index (χ0n) is 20.4. The molecule has 6 N–H and O–H groups in total. The van der Waals surface area contributed by atoms with Crippen molar-refractivity contribution in [1.82, 2.24) is 14.9 Å². The third kappa shape index (κ3) is 4.10. The van der Waals surface area contributed by atoms with Crippen molar-refractivity contribution in [2.24, 2.45) is 11.5 Å². The molecule has 11 heteroatoms. The molecule has 11 nitrogen and oxygen atoms in total. The zero-order chi connectivity index (χ0) is 26.3. The molecule has 2 atom stereocenters. The molecular weight excluding hydrogens is 476 g/mol. The number of nitrogens with two attached hydrogens (primary N) is 2. The highest BCUT2D eigenvalue weighted by Crippen LogP contribution is 2.41. The van der Waals surface area contributed by atoms with Crippen molar-refractivity contribution in [3.05, 3.63) is 63.4 Å². The Labute approximate surface area is 212 Å². The summed E-state index contributed by atoms with van der Waals surface area (Å²) in [6.07, 6.45) is 0.767. The topological polar surface area (TPSA) is 175 Å². The summed E-state index contributed by atoms with van der Waals surface area (Å²) < 4.78 is 12.8. The van der Waals surface area contributed by atoms with Crippen LogP contribution in [-0.2, 0) is 37.8 Å². The van der Waals surface area contributed by atoms with Crippen LogP contribution in [0.3, 0.4) is 0 Å².